The number of piperazine rings is 1. The number of aryl methyl sites for hydroxylation is 1. The smallest absolute Gasteiger partial charge is 0.289 e. The van der Waals surface area contributed by atoms with Crippen molar-refractivity contribution in [3.05, 3.63) is 54.4 Å². The fraction of sp³-hybridized carbons (Fsp3) is 0.333. The number of aromatic nitrogens is 2. The molecule has 136 valence electrons. The Kier molecular flexibility index (Phi) is 5.31. The van der Waals surface area contributed by atoms with Crippen LogP contribution in [0.1, 0.15) is 26.9 Å². The Hall–Kier alpha value is -3.16. The van der Waals surface area contributed by atoms with Gasteiger partial charge in [-0.3, -0.25) is 9.59 Å². The van der Waals surface area contributed by atoms with Crippen molar-refractivity contribution in [2.24, 2.45) is 0 Å². The van der Waals surface area contributed by atoms with Crippen molar-refractivity contribution in [2.75, 3.05) is 37.6 Å². The molecule has 8 nitrogen and oxygen atoms in total. The molecule has 3 heterocycles. The summed E-state index contributed by atoms with van der Waals surface area (Å²) in [6.07, 6.45) is 3.11. The quantitative estimate of drug-likeness (QED) is 0.812. The Morgan fingerprint density at radius 3 is 2.73 bits per heavy atom. The number of nitrogens with one attached hydrogen (secondary N) is 1. The Balaban J connectivity index is 1.67. The lowest BCUT2D eigenvalue weighted by atomic mass is 10.2. The third kappa shape index (κ3) is 3.90. The van der Waals surface area contributed by atoms with E-state index in [1.165, 1.54) is 6.26 Å². The van der Waals surface area contributed by atoms with E-state index in [2.05, 4.69) is 21.9 Å². The first kappa shape index (κ1) is 17.7. The van der Waals surface area contributed by atoms with E-state index >= 15 is 0 Å². The fourth-order valence-electron chi connectivity index (χ4n) is 2.78. The summed E-state index contributed by atoms with van der Waals surface area (Å²) in [4.78, 5) is 36.9. The number of nitrogens with zero attached hydrogens (tertiary/aromatic N) is 4. The second kappa shape index (κ2) is 7.81. The first-order chi connectivity index (χ1) is 12.6. The minimum absolute atomic E-state index is 0.113. The molecule has 0 atom stereocenters. The minimum Gasteiger partial charge on any atom is -0.459 e. The SMILES string of the molecule is C=CCNC(=O)c1cc(N2CCN(C(=O)c3ccco3)CC2)nc(C)n1. The van der Waals surface area contributed by atoms with Crippen LogP contribution in [0.5, 0.6) is 0 Å². The Bertz CT molecular complexity index is 795. The van der Waals surface area contributed by atoms with Gasteiger partial charge < -0.3 is 19.5 Å². The van der Waals surface area contributed by atoms with Gasteiger partial charge in [-0.2, -0.15) is 0 Å². The number of carbonyl (C=O) groups excluding carboxylic acids is 2. The molecule has 26 heavy (non-hydrogen) atoms. The molecule has 0 bridgehead atoms. The summed E-state index contributed by atoms with van der Waals surface area (Å²) in [5, 5.41) is 2.71. The van der Waals surface area contributed by atoms with Gasteiger partial charge in [0, 0.05) is 38.8 Å². The lowest BCUT2D eigenvalue weighted by molar-refractivity contribution is 0.0714. The molecule has 0 saturated carbocycles. The first-order valence-corrected chi connectivity index (χ1v) is 8.41. The van der Waals surface area contributed by atoms with Crippen LogP contribution in [0, 0.1) is 6.92 Å². The van der Waals surface area contributed by atoms with E-state index < -0.39 is 0 Å². The molecule has 0 radical (unpaired) electrons. The minimum atomic E-state index is -0.261. The number of anilines is 1. The predicted molar refractivity (Wildman–Crippen MR) is 96.1 cm³/mol. The molecule has 3 rings (SSSR count). The van der Waals surface area contributed by atoms with Crippen molar-refractivity contribution in [1.29, 1.82) is 0 Å². The molecule has 2 aromatic heterocycles. The van der Waals surface area contributed by atoms with E-state index in [0.29, 0.717) is 55.8 Å². The largest absolute Gasteiger partial charge is 0.459 e. The topological polar surface area (TPSA) is 91.6 Å². The van der Waals surface area contributed by atoms with Crippen molar-refractivity contribution in [2.45, 2.75) is 6.92 Å². The predicted octanol–water partition coefficient (Wildman–Crippen LogP) is 1.26. The molecule has 0 unspecified atom stereocenters. The van der Waals surface area contributed by atoms with Crippen LogP contribution in [0.15, 0.2) is 41.5 Å². The fourth-order valence-corrected chi connectivity index (χ4v) is 2.78. The zero-order chi connectivity index (χ0) is 18.5. The van der Waals surface area contributed by atoms with E-state index in [0.717, 1.165) is 0 Å². The van der Waals surface area contributed by atoms with Gasteiger partial charge in [0.05, 0.1) is 6.26 Å². The summed E-state index contributed by atoms with van der Waals surface area (Å²) in [7, 11) is 0. The van der Waals surface area contributed by atoms with Gasteiger partial charge in [0.2, 0.25) is 0 Å². The number of amides is 2. The summed E-state index contributed by atoms with van der Waals surface area (Å²) in [5.74, 6) is 1.19. The summed E-state index contributed by atoms with van der Waals surface area (Å²) < 4.78 is 5.17. The highest BCUT2D eigenvalue weighted by Gasteiger charge is 2.25. The van der Waals surface area contributed by atoms with E-state index in [4.69, 9.17) is 4.42 Å². The highest BCUT2D eigenvalue weighted by atomic mass is 16.3. The van der Waals surface area contributed by atoms with Crippen molar-refractivity contribution in [1.82, 2.24) is 20.2 Å². The molecule has 0 spiro atoms. The number of furan rings is 1. The summed E-state index contributed by atoms with van der Waals surface area (Å²) in [6, 6.07) is 5.04. The number of hydrogen-bond donors (Lipinski definition) is 1. The van der Waals surface area contributed by atoms with Crippen LogP contribution >= 0.6 is 0 Å². The molecule has 1 N–H and O–H groups in total. The lowest BCUT2D eigenvalue weighted by Gasteiger charge is -2.35. The van der Waals surface area contributed by atoms with Crippen LogP contribution in [-0.4, -0.2) is 59.4 Å². The molecule has 1 aliphatic rings. The monoisotopic (exact) mass is 355 g/mol. The third-order valence-electron chi connectivity index (χ3n) is 4.09. The highest BCUT2D eigenvalue weighted by Crippen LogP contribution is 2.17. The Labute approximate surface area is 151 Å². The van der Waals surface area contributed by atoms with Crippen molar-refractivity contribution in [3.8, 4) is 0 Å². The molecule has 2 amide bonds. The van der Waals surface area contributed by atoms with Crippen LogP contribution in [0.25, 0.3) is 0 Å². The summed E-state index contributed by atoms with van der Waals surface area (Å²) >= 11 is 0. The maximum absolute atomic E-state index is 12.3. The van der Waals surface area contributed by atoms with E-state index in [-0.39, 0.29) is 11.8 Å². The summed E-state index contributed by atoms with van der Waals surface area (Å²) in [5.41, 5.74) is 0.323. The van der Waals surface area contributed by atoms with Gasteiger partial charge in [-0.15, -0.1) is 6.58 Å². The normalized spacial score (nSPS) is 14.2. The second-order valence-electron chi connectivity index (χ2n) is 5.91. The molecule has 2 aromatic rings. The standard InChI is InChI=1S/C18H21N5O3/c1-3-6-19-17(24)14-12-16(21-13(2)20-14)22-7-9-23(10-8-22)18(25)15-5-4-11-26-15/h3-5,11-12H,1,6-10H2,2H3,(H,19,24). The van der Waals surface area contributed by atoms with Gasteiger partial charge in [-0.25, -0.2) is 9.97 Å². The molecule has 8 heteroatoms. The zero-order valence-electron chi connectivity index (χ0n) is 14.6. The van der Waals surface area contributed by atoms with E-state index in [9.17, 15) is 9.59 Å². The van der Waals surface area contributed by atoms with Crippen LogP contribution in [-0.2, 0) is 0 Å². The maximum Gasteiger partial charge on any atom is 0.289 e. The van der Waals surface area contributed by atoms with Gasteiger partial charge in [-0.1, -0.05) is 6.08 Å². The van der Waals surface area contributed by atoms with Crippen LogP contribution in [0.4, 0.5) is 5.82 Å². The van der Waals surface area contributed by atoms with Gasteiger partial charge in [-0.05, 0) is 19.1 Å². The zero-order valence-corrected chi connectivity index (χ0v) is 14.6. The maximum atomic E-state index is 12.3. The number of carbonyl (C=O) groups is 2. The molecular formula is C18H21N5O3. The Morgan fingerprint density at radius 2 is 2.08 bits per heavy atom. The van der Waals surface area contributed by atoms with Crippen molar-refractivity contribution < 1.29 is 14.0 Å². The lowest BCUT2D eigenvalue weighted by Crippen LogP contribution is -2.49. The number of rotatable bonds is 5. The molecule has 0 aliphatic carbocycles. The van der Waals surface area contributed by atoms with Crippen molar-refractivity contribution in [3.63, 3.8) is 0 Å². The number of hydrogen-bond acceptors (Lipinski definition) is 6. The van der Waals surface area contributed by atoms with E-state index in [1.54, 1.807) is 36.1 Å². The highest BCUT2D eigenvalue weighted by molar-refractivity contribution is 5.93. The molecule has 1 saturated heterocycles. The third-order valence-corrected chi connectivity index (χ3v) is 4.09. The first-order valence-electron chi connectivity index (χ1n) is 8.41. The van der Waals surface area contributed by atoms with Crippen LogP contribution in [0.2, 0.25) is 0 Å². The van der Waals surface area contributed by atoms with Crippen molar-refractivity contribution >= 4 is 17.6 Å². The van der Waals surface area contributed by atoms with Gasteiger partial charge in [0.25, 0.3) is 11.8 Å². The second-order valence-corrected chi connectivity index (χ2v) is 5.91. The Morgan fingerprint density at radius 1 is 1.31 bits per heavy atom. The van der Waals surface area contributed by atoms with Gasteiger partial charge >= 0.3 is 0 Å². The van der Waals surface area contributed by atoms with Gasteiger partial charge in [0.1, 0.15) is 17.3 Å². The van der Waals surface area contributed by atoms with E-state index in [1.807, 2.05) is 4.90 Å². The molecule has 1 aliphatic heterocycles. The average Bonchev–Trinajstić information content (AvgIpc) is 3.20. The van der Waals surface area contributed by atoms with Crippen LogP contribution < -0.4 is 10.2 Å². The van der Waals surface area contributed by atoms with Gasteiger partial charge in [0.15, 0.2) is 5.76 Å². The van der Waals surface area contributed by atoms with Crippen LogP contribution in [0.3, 0.4) is 0 Å². The average molecular weight is 355 g/mol. The molecule has 1 fully saturated rings. The summed E-state index contributed by atoms with van der Waals surface area (Å²) in [6.45, 7) is 8.07. The molecule has 0 aromatic carbocycles. The molecular weight excluding hydrogens is 334 g/mol.